The van der Waals surface area contributed by atoms with Gasteiger partial charge < -0.3 is 20.5 Å². The first-order chi connectivity index (χ1) is 22.9. The molecule has 0 aliphatic heterocycles. The molecule has 9 unspecified atom stereocenters. The van der Waals surface area contributed by atoms with Crippen LogP contribution in [0.2, 0.25) is 0 Å². The first-order valence-electron chi connectivity index (χ1n) is 18.7. The third kappa shape index (κ3) is 4.65. The van der Waals surface area contributed by atoms with Crippen LogP contribution < -0.4 is 5.32 Å². The fourth-order valence-electron chi connectivity index (χ4n) is 13.1. The molecule has 1 amide bonds. The second-order valence-electron chi connectivity index (χ2n) is 17.6. The van der Waals surface area contributed by atoms with E-state index in [1.165, 1.54) is 38.5 Å². The topological polar surface area (TPSA) is 115 Å². The van der Waals surface area contributed by atoms with Crippen LogP contribution in [-0.4, -0.2) is 38.2 Å². The van der Waals surface area contributed by atoms with Gasteiger partial charge in [0.2, 0.25) is 5.91 Å². The van der Waals surface area contributed by atoms with Crippen LogP contribution >= 0.6 is 0 Å². The molecule has 0 saturated heterocycles. The lowest BCUT2D eigenvalue weighted by molar-refractivity contribution is -0.214. The van der Waals surface area contributed by atoms with E-state index in [-0.39, 0.29) is 28.4 Å². The zero-order valence-corrected chi connectivity index (χ0v) is 29.1. The molecular formula is C41H53N3O4. The monoisotopic (exact) mass is 651 g/mol. The molecule has 5 saturated carbocycles. The Morgan fingerprint density at radius 1 is 0.875 bits per heavy atom. The molecular weight excluding hydrogens is 598 g/mol. The first kappa shape index (κ1) is 32.0. The van der Waals surface area contributed by atoms with E-state index in [1.807, 2.05) is 12.1 Å². The van der Waals surface area contributed by atoms with Crippen molar-refractivity contribution in [2.24, 2.45) is 51.2 Å². The number of carbonyl (C=O) groups is 2. The third-order valence-corrected chi connectivity index (χ3v) is 15.3. The van der Waals surface area contributed by atoms with E-state index < -0.39 is 5.97 Å². The second kappa shape index (κ2) is 11.2. The van der Waals surface area contributed by atoms with Crippen molar-refractivity contribution in [2.45, 2.75) is 111 Å². The molecule has 2 aromatic carbocycles. The predicted octanol–water partition coefficient (Wildman–Crippen LogP) is 8.37. The minimum atomic E-state index is -0.968. The Morgan fingerprint density at radius 3 is 2.50 bits per heavy atom. The molecule has 0 bridgehead atoms. The number of aromatic amines is 1. The molecule has 48 heavy (non-hydrogen) atoms. The quantitative estimate of drug-likeness (QED) is 0.221. The highest BCUT2D eigenvalue weighted by molar-refractivity contribution is 5.93. The molecule has 256 valence electrons. The number of aliphatic hydroxyl groups excluding tert-OH is 1. The Hall–Kier alpha value is -3.19. The number of rotatable bonds is 5. The summed E-state index contributed by atoms with van der Waals surface area (Å²) in [5, 5.41) is 23.8. The Kier molecular flexibility index (Phi) is 7.45. The van der Waals surface area contributed by atoms with E-state index in [0.717, 1.165) is 48.7 Å². The number of aromatic carboxylic acids is 1. The van der Waals surface area contributed by atoms with Crippen molar-refractivity contribution in [3.8, 4) is 11.4 Å². The highest BCUT2D eigenvalue weighted by Crippen LogP contribution is 2.73. The lowest BCUT2D eigenvalue weighted by Gasteiger charge is -2.69. The summed E-state index contributed by atoms with van der Waals surface area (Å²) in [6.45, 7) is 10.4. The molecule has 7 heteroatoms. The second-order valence-corrected chi connectivity index (χ2v) is 17.6. The molecule has 4 N–H and O–H groups in total. The van der Waals surface area contributed by atoms with Crippen LogP contribution in [0.25, 0.3) is 22.4 Å². The van der Waals surface area contributed by atoms with Gasteiger partial charge in [0.25, 0.3) is 0 Å². The molecule has 5 fully saturated rings. The zero-order valence-electron chi connectivity index (χ0n) is 29.1. The summed E-state index contributed by atoms with van der Waals surface area (Å²) in [5.41, 5.74) is 3.93. The fraction of sp³-hybridized carbons (Fsp3) is 0.634. The number of benzene rings is 2. The lowest BCUT2D eigenvalue weighted by atomic mass is 9.36. The van der Waals surface area contributed by atoms with E-state index in [1.54, 1.807) is 18.2 Å². The summed E-state index contributed by atoms with van der Waals surface area (Å²) in [5.74, 6) is 3.06. The molecule has 1 heterocycles. The van der Waals surface area contributed by atoms with Crippen LogP contribution in [0.1, 0.15) is 114 Å². The number of imidazole rings is 1. The van der Waals surface area contributed by atoms with E-state index >= 15 is 0 Å². The number of amides is 1. The number of hydrogen-bond donors (Lipinski definition) is 4. The number of aliphatic hydroxyl groups is 1. The molecule has 8 rings (SSSR count). The van der Waals surface area contributed by atoms with Crippen molar-refractivity contribution in [3.63, 3.8) is 0 Å². The molecule has 3 aromatic rings. The van der Waals surface area contributed by atoms with Crippen LogP contribution in [0.5, 0.6) is 0 Å². The van der Waals surface area contributed by atoms with Crippen molar-refractivity contribution in [1.82, 2.24) is 15.3 Å². The third-order valence-electron chi connectivity index (χ3n) is 15.3. The van der Waals surface area contributed by atoms with Crippen molar-refractivity contribution in [1.29, 1.82) is 0 Å². The zero-order chi connectivity index (χ0) is 33.6. The van der Waals surface area contributed by atoms with Gasteiger partial charge >= 0.3 is 5.97 Å². The fourth-order valence-corrected chi connectivity index (χ4v) is 13.1. The van der Waals surface area contributed by atoms with Crippen LogP contribution in [0.3, 0.4) is 0 Å². The minimum Gasteiger partial charge on any atom is -0.478 e. The molecule has 0 spiro atoms. The van der Waals surface area contributed by atoms with Crippen molar-refractivity contribution >= 4 is 22.9 Å². The van der Waals surface area contributed by atoms with E-state index in [0.29, 0.717) is 58.3 Å². The Balaban J connectivity index is 0.982. The summed E-state index contributed by atoms with van der Waals surface area (Å²) < 4.78 is 0. The van der Waals surface area contributed by atoms with Gasteiger partial charge in [-0.15, -0.1) is 0 Å². The van der Waals surface area contributed by atoms with Gasteiger partial charge in [-0.3, -0.25) is 4.79 Å². The van der Waals surface area contributed by atoms with Crippen molar-refractivity contribution in [2.75, 3.05) is 0 Å². The standard InChI is InChI=1S/C41H53N3O4/c1-38(2)32-15-18-39(3)28-14-20-41(17-6-9-29(41)27(28)11-13-33(39)40(32,4)19-16-34(38)45)37(48)42-23-24-7-5-8-25(21-24)35-43-30-12-10-26(36(46)47)22-31(30)44-35/h5,7-8,10,12,21-22,27-29,32-34,45H,6,9,11,13-20,23H2,1-4H3,(H,42,48)(H,43,44)(H,46,47). The number of nitrogens with zero attached hydrogens (tertiary/aromatic N) is 1. The largest absolute Gasteiger partial charge is 0.478 e. The highest BCUT2D eigenvalue weighted by atomic mass is 16.4. The number of carboxylic acids is 1. The van der Waals surface area contributed by atoms with Crippen LogP contribution in [-0.2, 0) is 11.3 Å². The normalized spacial score (nSPS) is 38.4. The number of hydrogen-bond acceptors (Lipinski definition) is 4. The van der Waals surface area contributed by atoms with Gasteiger partial charge in [-0.1, -0.05) is 52.3 Å². The lowest BCUT2D eigenvalue weighted by Crippen LogP contribution is -2.63. The molecule has 7 nitrogen and oxygen atoms in total. The number of carboxylic acid groups (broad SMARTS) is 1. The van der Waals surface area contributed by atoms with Crippen LogP contribution in [0.4, 0.5) is 0 Å². The van der Waals surface area contributed by atoms with Crippen molar-refractivity contribution in [3.05, 3.63) is 53.6 Å². The van der Waals surface area contributed by atoms with Crippen molar-refractivity contribution < 1.29 is 19.8 Å². The molecule has 5 aliphatic carbocycles. The Labute approximate surface area is 284 Å². The average Bonchev–Trinajstić information content (AvgIpc) is 3.71. The number of carbonyl (C=O) groups excluding carboxylic acids is 1. The smallest absolute Gasteiger partial charge is 0.335 e. The molecule has 9 atom stereocenters. The number of H-pyrrole nitrogens is 1. The van der Waals surface area contributed by atoms with E-state index in [9.17, 15) is 19.8 Å². The maximum absolute atomic E-state index is 14.3. The van der Waals surface area contributed by atoms with E-state index in [2.05, 4.69) is 55.1 Å². The molecule has 5 aliphatic rings. The van der Waals surface area contributed by atoms with Crippen LogP contribution in [0, 0.1) is 51.2 Å². The van der Waals surface area contributed by atoms with E-state index in [4.69, 9.17) is 0 Å². The van der Waals surface area contributed by atoms with Gasteiger partial charge in [-0.05, 0) is 140 Å². The van der Waals surface area contributed by atoms with Gasteiger partial charge in [0, 0.05) is 12.1 Å². The maximum Gasteiger partial charge on any atom is 0.335 e. The summed E-state index contributed by atoms with van der Waals surface area (Å²) in [7, 11) is 0. The minimum absolute atomic E-state index is 0.0198. The first-order valence-corrected chi connectivity index (χ1v) is 18.7. The SMILES string of the molecule is CC1(C)C(O)CCC2(C)C1CCC1(C)C3CCC4(C(=O)NCc5cccc(-c6nc7cc(C(=O)O)ccc7[nH]6)c5)CCCC4C3CCC12. The average molecular weight is 652 g/mol. The highest BCUT2D eigenvalue weighted by Gasteiger charge is 2.67. The number of aromatic nitrogens is 2. The summed E-state index contributed by atoms with van der Waals surface area (Å²) in [6, 6.07) is 13.1. The Bertz CT molecular complexity index is 1760. The molecule has 1 aromatic heterocycles. The van der Waals surface area contributed by atoms with Gasteiger partial charge in [-0.2, -0.15) is 0 Å². The Morgan fingerprint density at radius 2 is 1.69 bits per heavy atom. The van der Waals surface area contributed by atoms with Crippen LogP contribution in [0.15, 0.2) is 42.5 Å². The maximum atomic E-state index is 14.3. The number of nitrogens with one attached hydrogen (secondary N) is 2. The summed E-state index contributed by atoms with van der Waals surface area (Å²) in [6.07, 6.45) is 12.4. The predicted molar refractivity (Wildman–Crippen MR) is 187 cm³/mol. The van der Waals surface area contributed by atoms with Gasteiger partial charge in [0.15, 0.2) is 0 Å². The summed E-state index contributed by atoms with van der Waals surface area (Å²) >= 11 is 0. The molecule has 0 radical (unpaired) electrons. The van der Waals surface area contributed by atoms with Gasteiger partial charge in [0.1, 0.15) is 5.82 Å². The number of fused-ring (bicyclic) bond motifs is 8. The summed E-state index contributed by atoms with van der Waals surface area (Å²) in [4.78, 5) is 33.7. The van der Waals surface area contributed by atoms with Gasteiger partial charge in [-0.25, -0.2) is 9.78 Å². The van der Waals surface area contributed by atoms with Gasteiger partial charge in [0.05, 0.1) is 28.1 Å².